The first kappa shape index (κ1) is 19.5. The molecule has 5 nitrogen and oxygen atoms in total. The van der Waals surface area contributed by atoms with Gasteiger partial charge in [0.15, 0.2) is 0 Å². The van der Waals surface area contributed by atoms with Crippen LogP contribution in [0.3, 0.4) is 0 Å². The van der Waals surface area contributed by atoms with Crippen LogP contribution in [-0.4, -0.2) is 18.0 Å². The Hall–Kier alpha value is -3.31. The molecule has 1 atom stereocenters. The van der Waals surface area contributed by atoms with Crippen molar-refractivity contribution in [2.45, 2.75) is 13.0 Å². The third-order valence-electron chi connectivity index (χ3n) is 4.11. The van der Waals surface area contributed by atoms with Gasteiger partial charge in [-0.1, -0.05) is 60.1 Å². The SMILES string of the molecule is CC(NC(=O)Nc1ccccc1-c1ccc(Cl)cc1)C(=O)Nc1ccccc1. The van der Waals surface area contributed by atoms with E-state index in [9.17, 15) is 9.59 Å². The summed E-state index contributed by atoms with van der Waals surface area (Å²) in [5.41, 5.74) is 3.10. The van der Waals surface area contributed by atoms with Gasteiger partial charge in [-0.3, -0.25) is 4.79 Å². The molecule has 3 rings (SSSR count). The minimum atomic E-state index is -0.706. The number of benzene rings is 3. The van der Waals surface area contributed by atoms with Crippen molar-refractivity contribution in [3.05, 3.63) is 83.9 Å². The molecule has 0 aliphatic rings. The van der Waals surface area contributed by atoms with Gasteiger partial charge in [0.2, 0.25) is 5.91 Å². The van der Waals surface area contributed by atoms with Gasteiger partial charge in [0.05, 0.1) is 5.69 Å². The van der Waals surface area contributed by atoms with E-state index in [2.05, 4.69) is 16.0 Å². The second-order valence-corrected chi connectivity index (χ2v) is 6.66. The molecule has 0 spiro atoms. The zero-order valence-corrected chi connectivity index (χ0v) is 16.0. The van der Waals surface area contributed by atoms with Gasteiger partial charge in [-0.05, 0) is 42.8 Å². The van der Waals surface area contributed by atoms with E-state index in [1.807, 2.05) is 48.5 Å². The largest absolute Gasteiger partial charge is 0.326 e. The van der Waals surface area contributed by atoms with Crippen LogP contribution in [0.5, 0.6) is 0 Å². The molecule has 0 heterocycles. The first-order chi connectivity index (χ1) is 13.5. The van der Waals surface area contributed by atoms with E-state index in [4.69, 9.17) is 11.6 Å². The van der Waals surface area contributed by atoms with E-state index in [0.717, 1.165) is 11.1 Å². The van der Waals surface area contributed by atoms with Crippen LogP contribution in [0.15, 0.2) is 78.9 Å². The molecule has 0 aliphatic heterocycles. The Balaban J connectivity index is 1.65. The lowest BCUT2D eigenvalue weighted by Gasteiger charge is -2.16. The number of carbonyl (C=O) groups is 2. The average Bonchev–Trinajstić information content (AvgIpc) is 2.70. The minimum Gasteiger partial charge on any atom is -0.326 e. The summed E-state index contributed by atoms with van der Waals surface area (Å²) >= 11 is 5.95. The molecular formula is C22H20ClN3O2. The number of nitrogens with one attached hydrogen (secondary N) is 3. The summed E-state index contributed by atoms with van der Waals surface area (Å²) in [6.45, 7) is 1.63. The first-order valence-electron chi connectivity index (χ1n) is 8.81. The normalized spacial score (nSPS) is 11.4. The standard InChI is InChI=1S/C22H20ClN3O2/c1-15(21(27)25-18-7-3-2-4-8-18)24-22(28)26-20-10-6-5-9-19(20)16-11-13-17(23)14-12-16/h2-15H,1H3,(H,25,27)(H2,24,26,28). The van der Waals surface area contributed by atoms with E-state index in [1.165, 1.54) is 0 Å². The van der Waals surface area contributed by atoms with Gasteiger partial charge in [-0.2, -0.15) is 0 Å². The van der Waals surface area contributed by atoms with Crippen LogP contribution in [0.1, 0.15) is 6.92 Å². The molecule has 28 heavy (non-hydrogen) atoms. The second kappa shape index (κ2) is 9.06. The Labute approximate surface area is 168 Å². The maximum atomic E-state index is 12.4. The van der Waals surface area contributed by atoms with E-state index < -0.39 is 12.1 Å². The van der Waals surface area contributed by atoms with Crippen LogP contribution in [0.2, 0.25) is 5.02 Å². The smallest absolute Gasteiger partial charge is 0.319 e. The summed E-state index contributed by atoms with van der Waals surface area (Å²) in [6.07, 6.45) is 0. The van der Waals surface area contributed by atoms with Gasteiger partial charge in [0, 0.05) is 16.3 Å². The van der Waals surface area contributed by atoms with Gasteiger partial charge in [0.1, 0.15) is 6.04 Å². The van der Waals surface area contributed by atoms with Crippen LogP contribution >= 0.6 is 11.6 Å². The Morgan fingerprint density at radius 2 is 1.46 bits per heavy atom. The summed E-state index contributed by atoms with van der Waals surface area (Å²) in [6, 6.07) is 22.7. The van der Waals surface area contributed by atoms with Gasteiger partial charge in [-0.15, -0.1) is 0 Å². The molecule has 3 aromatic rings. The van der Waals surface area contributed by atoms with Crippen molar-refractivity contribution < 1.29 is 9.59 Å². The van der Waals surface area contributed by atoms with E-state index in [-0.39, 0.29) is 5.91 Å². The number of carbonyl (C=O) groups excluding carboxylic acids is 2. The molecule has 142 valence electrons. The highest BCUT2D eigenvalue weighted by Crippen LogP contribution is 2.28. The molecule has 1 unspecified atom stereocenters. The number of rotatable bonds is 5. The fraction of sp³-hybridized carbons (Fsp3) is 0.0909. The Bertz CT molecular complexity index is 959. The second-order valence-electron chi connectivity index (χ2n) is 6.23. The molecule has 3 amide bonds. The highest BCUT2D eigenvalue weighted by Gasteiger charge is 2.16. The lowest BCUT2D eigenvalue weighted by atomic mass is 10.0. The topological polar surface area (TPSA) is 70.2 Å². The van der Waals surface area contributed by atoms with E-state index in [1.54, 1.807) is 37.3 Å². The predicted molar refractivity (Wildman–Crippen MR) is 114 cm³/mol. The van der Waals surface area contributed by atoms with Crippen molar-refractivity contribution in [1.82, 2.24) is 5.32 Å². The Kier molecular flexibility index (Phi) is 6.29. The summed E-state index contributed by atoms with van der Waals surface area (Å²) in [5.74, 6) is -0.299. The van der Waals surface area contributed by atoms with Gasteiger partial charge in [-0.25, -0.2) is 4.79 Å². The molecule has 0 saturated carbocycles. The van der Waals surface area contributed by atoms with Crippen molar-refractivity contribution in [3.8, 4) is 11.1 Å². The molecule has 6 heteroatoms. The fourth-order valence-electron chi connectivity index (χ4n) is 2.67. The highest BCUT2D eigenvalue weighted by molar-refractivity contribution is 6.30. The summed E-state index contributed by atoms with van der Waals surface area (Å²) < 4.78 is 0. The zero-order valence-electron chi connectivity index (χ0n) is 15.3. The van der Waals surface area contributed by atoms with Crippen LogP contribution in [0.4, 0.5) is 16.2 Å². The maximum absolute atomic E-state index is 12.4. The molecule has 0 saturated heterocycles. The molecule has 0 bridgehead atoms. The third-order valence-corrected chi connectivity index (χ3v) is 4.36. The van der Waals surface area contributed by atoms with E-state index >= 15 is 0 Å². The monoisotopic (exact) mass is 393 g/mol. The quantitative estimate of drug-likeness (QED) is 0.560. The average molecular weight is 394 g/mol. The molecule has 3 N–H and O–H groups in total. The number of hydrogen-bond donors (Lipinski definition) is 3. The Morgan fingerprint density at radius 1 is 0.821 bits per heavy atom. The minimum absolute atomic E-state index is 0.299. The maximum Gasteiger partial charge on any atom is 0.319 e. The number of hydrogen-bond acceptors (Lipinski definition) is 2. The van der Waals surface area contributed by atoms with Crippen LogP contribution in [-0.2, 0) is 4.79 Å². The fourth-order valence-corrected chi connectivity index (χ4v) is 2.79. The Morgan fingerprint density at radius 3 is 2.18 bits per heavy atom. The van der Waals surface area contributed by atoms with Crippen molar-refractivity contribution in [2.75, 3.05) is 10.6 Å². The van der Waals surface area contributed by atoms with Gasteiger partial charge < -0.3 is 16.0 Å². The molecule has 3 aromatic carbocycles. The van der Waals surface area contributed by atoms with Crippen LogP contribution in [0, 0.1) is 0 Å². The number of para-hydroxylation sites is 2. The molecule has 0 fully saturated rings. The number of amides is 3. The third kappa shape index (κ3) is 5.11. The van der Waals surface area contributed by atoms with Gasteiger partial charge >= 0.3 is 6.03 Å². The first-order valence-corrected chi connectivity index (χ1v) is 9.19. The number of halogens is 1. The molecular weight excluding hydrogens is 374 g/mol. The highest BCUT2D eigenvalue weighted by atomic mass is 35.5. The lowest BCUT2D eigenvalue weighted by molar-refractivity contribution is -0.117. The zero-order chi connectivity index (χ0) is 19.9. The lowest BCUT2D eigenvalue weighted by Crippen LogP contribution is -2.43. The summed E-state index contributed by atoms with van der Waals surface area (Å²) in [7, 11) is 0. The van der Waals surface area contributed by atoms with Crippen molar-refractivity contribution in [3.63, 3.8) is 0 Å². The summed E-state index contributed by atoms with van der Waals surface area (Å²) in [4.78, 5) is 24.6. The molecule has 0 aromatic heterocycles. The van der Waals surface area contributed by atoms with Crippen LogP contribution in [0.25, 0.3) is 11.1 Å². The van der Waals surface area contributed by atoms with Crippen LogP contribution < -0.4 is 16.0 Å². The van der Waals surface area contributed by atoms with E-state index in [0.29, 0.717) is 16.4 Å². The van der Waals surface area contributed by atoms with Gasteiger partial charge in [0.25, 0.3) is 0 Å². The number of urea groups is 1. The predicted octanol–water partition coefficient (Wildman–Crippen LogP) is 5.16. The molecule has 0 radical (unpaired) electrons. The van der Waals surface area contributed by atoms with Crippen molar-refractivity contribution in [1.29, 1.82) is 0 Å². The number of anilines is 2. The summed E-state index contributed by atoms with van der Waals surface area (Å²) in [5, 5.41) is 8.87. The molecule has 0 aliphatic carbocycles. The van der Waals surface area contributed by atoms with Crippen molar-refractivity contribution >= 4 is 34.9 Å². The van der Waals surface area contributed by atoms with Crippen molar-refractivity contribution in [2.24, 2.45) is 0 Å².